The van der Waals surface area contributed by atoms with Crippen LogP contribution in [0.15, 0.2) is 12.1 Å². The van der Waals surface area contributed by atoms with Gasteiger partial charge in [-0.2, -0.15) is 0 Å². The average Bonchev–Trinajstić information content (AvgIpc) is 2.77. The molecule has 1 heterocycles. The SMILES string of the molecule is COc1cc(F)c(CN2CCNC2=O)cc1OC. The van der Waals surface area contributed by atoms with Crippen molar-refractivity contribution in [3.63, 3.8) is 0 Å². The highest BCUT2D eigenvalue weighted by Crippen LogP contribution is 2.30. The first-order valence-corrected chi connectivity index (χ1v) is 5.59. The Labute approximate surface area is 104 Å². The molecule has 98 valence electrons. The summed E-state index contributed by atoms with van der Waals surface area (Å²) >= 11 is 0. The molecule has 6 heteroatoms. The highest BCUT2D eigenvalue weighted by Gasteiger charge is 2.21. The normalized spacial score (nSPS) is 14.6. The van der Waals surface area contributed by atoms with E-state index in [0.29, 0.717) is 30.2 Å². The van der Waals surface area contributed by atoms with E-state index >= 15 is 0 Å². The molecule has 2 amide bonds. The van der Waals surface area contributed by atoms with Crippen molar-refractivity contribution in [1.29, 1.82) is 0 Å². The fourth-order valence-corrected chi connectivity index (χ4v) is 1.89. The minimum atomic E-state index is -0.410. The van der Waals surface area contributed by atoms with Crippen molar-refractivity contribution in [3.05, 3.63) is 23.5 Å². The third-order valence-electron chi connectivity index (χ3n) is 2.86. The Morgan fingerprint density at radius 2 is 2.00 bits per heavy atom. The molecule has 1 aromatic rings. The van der Waals surface area contributed by atoms with Crippen LogP contribution in [0.4, 0.5) is 9.18 Å². The predicted octanol–water partition coefficient (Wildman–Crippen LogP) is 1.37. The fourth-order valence-electron chi connectivity index (χ4n) is 1.89. The van der Waals surface area contributed by atoms with E-state index in [0.717, 1.165) is 0 Å². The molecule has 0 aromatic heterocycles. The van der Waals surface area contributed by atoms with Crippen molar-refractivity contribution in [2.75, 3.05) is 27.3 Å². The van der Waals surface area contributed by atoms with E-state index in [1.807, 2.05) is 0 Å². The van der Waals surface area contributed by atoms with E-state index in [-0.39, 0.29) is 12.6 Å². The van der Waals surface area contributed by atoms with Crippen LogP contribution in [-0.4, -0.2) is 38.2 Å². The lowest BCUT2D eigenvalue weighted by Crippen LogP contribution is -2.27. The molecule has 0 saturated carbocycles. The highest BCUT2D eigenvalue weighted by molar-refractivity contribution is 5.76. The van der Waals surface area contributed by atoms with Gasteiger partial charge < -0.3 is 19.7 Å². The Hall–Kier alpha value is -1.98. The van der Waals surface area contributed by atoms with E-state index in [2.05, 4.69) is 5.32 Å². The van der Waals surface area contributed by atoms with Gasteiger partial charge in [0, 0.05) is 24.7 Å². The Morgan fingerprint density at radius 3 is 2.56 bits per heavy atom. The number of urea groups is 1. The molecule has 2 rings (SSSR count). The summed E-state index contributed by atoms with van der Waals surface area (Å²) in [7, 11) is 2.94. The summed E-state index contributed by atoms with van der Waals surface area (Å²) in [4.78, 5) is 12.9. The summed E-state index contributed by atoms with van der Waals surface area (Å²) in [5.41, 5.74) is 0.407. The summed E-state index contributed by atoms with van der Waals surface area (Å²) in [5, 5.41) is 2.67. The minimum Gasteiger partial charge on any atom is -0.493 e. The van der Waals surface area contributed by atoms with Crippen LogP contribution in [0.25, 0.3) is 0 Å². The van der Waals surface area contributed by atoms with Crippen LogP contribution < -0.4 is 14.8 Å². The van der Waals surface area contributed by atoms with Crippen molar-refractivity contribution < 1.29 is 18.7 Å². The van der Waals surface area contributed by atoms with Crippen molar-refractivity contribution in [2.24, 2.45) is 0 Å². The van der Waals surface area contributed by atoms with Crippen molar-refractivity contribution >= 4 is 6.03 Å². The van der Waals surface area contributed by atoms with Crippen LogP contribution in [-0.2, 0) is 6.54 Å². The van der Waals surface area contributed by atoms with Gasteiger partial charge in [-0.25, -0.2) is 9.18 Å². The summed E-state index contributed by atoms with van der Waals surface area (Å²) in [5.74, 6) is 0.380. The Balaban J connectivity index is 2.24. The molecule has 1 aromatic carbocycles. The summed E-state index contributed by atoms with van der Waals surface area (Å²) < 4.78 is 24.0. The summed E-state index contributed by atoms with van der Waals surface area (Å²) in [6, 6.07) is 2.64. The third kappa shape index (κ3) is 2.32. The first kappa shape index (κ1) is 12.5. The van der Waals surface area contributed by atoms with Crippen molar-refractivity contribution in [2.45, 2.75) is 6.54 Å². The molecular weight excluding hydrogens is 239 g/mol. The highest BCUT2D eigenvalue weighted by atomic mass is 19.1. The lowest BCUT2D eigenvalue weighted by molar-refractivity contribution is 0.215. The van der Waals surface area contributed by atoms with Gasteiger partial charge in [-0.3, -0.25) is 0 Å². The first-order valence-electron chi connectivity index (χ1n) is 5.59. The monoisotopic (exact) mass is 254 g/mol. The number of halogens is 1. The van der Waals surface area contributed by atoms with E-state index in [9.17, 15) is 9.18 Å². The third-order valence-corrected chi connectivity index (χ3v) is 2.86. The molecule has 0 radical (unpaired) electrons. The first-order chi connectivity index (χ1) is 8.65. The number of nitrogens with zero attached hydrogens (tertiary/aromatic N) is 1. The largest absolute Gasteiger partial charge is 0.493 e. The van der Waals surface area contributed by atoms with Gasteiger partial charge in [0.05, 0.1) is 20.8 Å². The van der Waals surface area contributed by atoms with Crippen molar-refractivity contribution in [3.8, 4) is 11.5 Å². The second kappa shape index (κ2) is 5.12. The molecular formula is C12H15FN2O3. The summed E-state index contributed by atoms with van der Waals surface area (Å²) in [6.45, 7) is 1.39. The van der Waals surface area contributed by atoms with E-state index in [1.54, 1.807) is 11.0 Å². The number of methoxy groups -OCH3 is 2. The molecule has 0 atom stereocenters. The molecule has 0 spiro atoms. The van der Waals surface area contributed by atoms with E-state index in [4.69, 9.17) is 9.47 Å². The lowest BCUT2D eigenvalue weighted by Gasteiger charge is -2.16. The van der Waals surface area contributed by atoms with E-state index in [1.165, 1.54) is 20.3 Å². The Morgan fingerprint density at radius 1 is 1.33 bits per heavy atom. The average molecular weight is 254 g/mol. The van der Waals surface area contributed by atoms with Gasteiger partial charge in [-0.15, -0.1) is 0 Å². The van der Waals surface area contributed by atoms with Gasteiger partial charge in [-0.1, -0.05) is 0 Å². The quantitative estimate of drug-likeness (QED) is 0.882. The molecule has 1 aliphatic rings. The van der Waals surface area contributed by atoms with Gasteiger partial charge in [0.1, 0.15) is 5.82 Å². The van der Waals surface area contributed by atoms with Gasteiger partial charge in [0.25, 0.3) is 0 Å². The van der Waals surface area contributed by atoms with Gasteiger partial charge in [-0.05, 0) is 6.07 Å². The molecule has 5 nitrogen and oxygen atoms in total. The topological polar surface area (TPSA) is 50.8 Å². The lowest BCUT2D eigenvalue weighted by atomic mass is 10.1. The summed E-state index contributed by atoms with van der Waals surface area (Å²) in [6.07, 6.45) is 0. The number of amides is 2. The zero-order valence-electron chi connectivity index (χ0n) is 10.3. The second-order valence-corrected chi connectivity index (χ2v) is 3.95. The van der Waals surface area contributed by atoms with Crippen LogP contribution in [0.3, 0.4) is 0 Å². The second-order valence-electron chi connectivity index (χ2n) is 3.95. The number of rotatable bonds is 4. The Kier molecular flexibility index (Phi) is 3.55. The maximum Gasteiger partial charge on any atom is 0.317 e. The number of ether oxygens (including phenoxy) is 2. The smallest absolute Gasteiger partial charge is 0.317 e. The standard InChI is InChI=1S/C12H15FN2O3/c1-17-10-5-8(9(13)6-11(10)18-2)7-15-4-3-14-12(15)16/h5-6H,3-4,7H2,1-2H3,(H,14,16). The fraction of sp³-hybridized carbons (Fsp3) is 0.417. The maximum absolute atomic E-state index is 13.8. The van der Waals surface area contributed by atoms with E-state index < -0.39 is 5.82 Å². The molecule has 1 saturated heterocycles. The molecule has 0 aliphatic carbocycles. The predicted molar refractivity (Wildman–Crippen MR) is 63.3 cm³/mol. The minimum absolute atomic E-state index is 0.177. The van der Waals surface area contributed by atoms with Crippen LogP contribution in [0.1, 0.15) is 5.56 Å². The molecule has 1 aliphatic heterocycles. The number of hydrogen-bond donors (Lipinski definition) is 1. The zero-order chi connectivity index (χ0) is 13.1. The number of carbonyl (C=O) groups excluding carboxylic acids is 1. The van der Waals surface area contributed by atoms with Crippen LogP contribution in [0.5, 0.6) is 11.5 Å². The van der Waals surface area contributed by atoms with Crippen LogP contribution in [0.2, 0.25) is 0 Å². The molecule has 1 fully saturated rings. The Bertz CT molecular complexity index is 465. The maximum atomic E-state index is 13.8. The number of hydrogen-bond acceptors (Lipinski definition) is 3. The number of nitrogens with one attached hydrogen (secondary N) is 1. The van der Waals surface area contributed by atoms with Crippen molar-refractivity contribution in [1.82, 2.24) is 10.2 Å². The number of carbonyl (C=O) groups is 1. The molecule has 18 heavy (non-hydrogen) atoms. The zero-order valence-corrected chi connectivity index (χ0v) is 10.3. The molecule has 0 unspecified atom stereocenters. The van der Waals surface area contributed by atoms with Crippen LogP contribution >= 0.6 is 0 Å². The van der Waals surface area contributed by atoms with Gasteiger partial charge >= 0.3 is 6.03 Å². The number of benzene rings is 1. The van der Waals surface area contributed by atoms with Gasteiger partial charge in [0.2, 0.25) is 0 Å². The molecule has 0 bridgehead atoms. The van der Waals surface area contributed by atoms with Gasteiger partial charge in [0.15, 0.2) is 11.5 Å². The molecule has 1 N–H and O–H groups in total. The van der Waals surface area contributed by atoms with Crippen LogP contribution in [0, 0.1) is 5.82 Å².